The van der Waals surface area contributed by atoms with Crippen molar-refractivity contribution >= 4 is 49.6 Å². The predicted octanol–water partition coefficient (Wildman–Crippen LogP) is 1.40. The molecule has 1 aliphatic rings. The number of anilines is 1. The molecule has 0 unspecified atom stereocenters. The number of amidine groups is 1. The van der Waals surface area contributed by atoms with E-state index in [4.69, 9.17) is 9.11 Å². The van der Waals surface area contributed by atoms with Gasteiger partial charge in [0.05, 0.1) is 32.3 Å². The first-order valence-electron chi connectivity index (χ1n) is 11.2. The fourth-order valence-corrected chi connectivity index (χ4v) is 4.66. The van der Waals surface area contributed by atoms with E-state index in [9.17, 15) is 31.2 Å². The molecule has 40 heavy (non-hydrogen) atoms. The highest BCUT2D eigenvalue weighted by Gasteiger charge is 2.31. The van der Waals surface area contributed by atoms with Gasteiger partial charge in [-0.1, -0.05) is 6.08 Å². The van der Waals surface area contributed by atoms with Crippen LogP contribution in [0.5, 0.6) is 0 Å². The fraction of sp³-hybridized carbons (Fsp3) is 0.0833. The SMILES string of the molecule is CC(=O)NC1=NN(c2ccc(S(=O)(=O)O)cc2)C(=O)C1=CC=Cc1c(C)[nH]n(-c2ccc(S(=O)(=O)O)cc2)c1=O. The van der Waals surface area contributed by atoms with Gasteiger partial charge < -0.3 is 5.32 Å². The molecule has 0 spiro atoms. The standard InChI is InChI=1S/C24H21N5O9S2/c1-14-20(23(31)28(26-14)16-6-10-18(11-7-16)39(33,34)35)4-3-5-21-22(25-15(2)30)27-29(24(21)32)17-8-12-19(13-9-17)40(36,37)38/h3-13,26H,1-2H3,(H,25,27,30)(H,33,34,35)(H,36,37,38). The Bertz CT molecular complexity index is 1880. The summed E-state index contributed by atoms with van der Waals surface area (Å²) in [5, 5.41) is 10.3. The molecular weight excluding hydrogens is 566 g/mol. The molecule has 4 rings (SSSR count). The molecule has 4 N–H and O–H groups in total. The number of nitrogens with zero attached hydrogens (tertiary/aromatic N) is 3. The first kappa shape index (κ1) is 28.4. The molecule has 2 aromatic carbocycles. The van der Waals surface area contributed by atoms with Crippen LogP contribution in [0.1, 0.15) is 18.2 Å². The third-order valence-corrected chi connectivity index (χ3v) is 7.32. The number of benzene rings is 2. The molecule has 0 saturated heterocycles. The van der Waals surface area contributed by atoms with Crippen LogP contribution in [-0.2, 0) is 29.8 Å². The average Bonchev–Trinajstić information content (AvgIpc) is 3.33. The maximum absolute atomic E-state index is 13.1. The summed E-state index contributed by atoms with van der Waals surface area (Å²) in [6.07, 6.45) is 4.16. The minimum Gasteiger partial charge on any atom is -0.309 e. The lowest BCUT2D eigenvalue weighted by atomic mass is 10.1. The third-order valence-electron chi connectivity index (χ3n) is 5.59. The summed E-state index contributed by atoms with van der Waals surface area (Å²) in [5.41, 5.74) is 0.627. The summed E-state index contributed by atoms with van der Waals surface area (Å²) in [7, 11) is -8.84. The van der Waals surface area contributed by atoms with Gasteiger partial charge in [0.2, 0.25) is 5.91 Å². The molecule has 0 atom stereocenters. The highest BCUT2D eigenvalue weighted by Crippen LogP contribution is 2.25. The minimum atomic E-state index is -4.44. The van der Waals surface area contributed by atoms with Crippen molar-refractivity contribution in [1.29, 1.82) is 0 Å². The number of H-pyrrole nitrogens is 1. The van der Waals surface area contributed by atoms with Crippen LogP contribution in [0.15, 0.2) is 85.9 Å². The van der Waals surface area contributed by atoms with Crippen molar-refractivity contribution in [2.24, 2.45) is 5.10 Å². The molecule has 14 nitrogen and oxygen atoms in total. The van der Waals surface area contributed by atoms with Gasteiger partial charge in [-0.05, 0) is 67.6 Å². The van der Waals surface area contributed by atoms with Crippen LogP contribution in [0.4, 0.5) is 5.69 Å². The Morgan fingerprint density at radius 2 is 1.45 bits per heavy atom. The summed E-state index contributed by atoms with van der Waals surface area (Å²) in [6.45, 7) is 2.85. The van der Waals surface area contributed by atoms with E-state index >= 15 is 0 Å². The number of carbonyl (C=O) groups excluding carboxylic acids is 2. The topological polar surface area (TPSA) is 208 Å². The van der Waals surface area contributed by atoms with E-state index < -0.39 is 37.6 Å². The van der Waals surface area contributed by atoms with Crippen LogP contribution in [0.3, 0.4) is 0 Å². The Balaban J connectivity index is 1.64. The van der Waals surface area contributed by atoms with Crippen molar-refractivity contribution in [3.63, 3.8) is 0 Å². The molecule has 1 aromatic heterocycles. The Hall–Kier alpha value is -4.64. The number of nitrogens with one attached hydrogen (secondary N) is 2. The van der Waals surface area contributed by atoms with E-state index in [1.807, 2.05) is 0 Å². The minimum absolute atomic E-state index is 0.0281. The molecule has 2 heterocycles. The number of rotatable bonds is 6. The van der Waals surface area contributed by atoms with Crippen molar-refractivity contribution in [3.05, 3.63) is 87.9 Å². The molecular formula is C24H21N5O9S2. The van der Waals surface area contributed by atoms with E-state index in [-0.39, 0.29) is 32.5 Å². The molecule has 0 saturated carbocycles. The zero-order valence-electron chi connectivity index (χ0n) is 20.8. The van der Waals surface area contributed by atoms with Crippen molar-refractivity contribution in [2.75, 3.05) is 5.01 Å². The summed E-state index contributed by atoms with van der Waals surface area (Å²) in [6, 6.07) is 9.63. The normalized spacial score (nSPS) is 15.2. The average molecular weight is 588 g/mol. The zero-order chi connectivity index (χ0) is 29.4. The maximum atomic E-state index is 13.1. The van der Waals surface area contributed by atoms with Gasteiger partial charge in [0.25, 0.3) is 31.7 Å². The van der Waals surface area contributed by atoms with Crippen LogP contribution in [0, 0.1) is 6.92 Å². The highest BCUT2D eigenvalue weighted by atomic mass is 32.2. The van der Waals surface area contributed by atoms with Gasteiger partial charge in [-0.15, -0.1) is 5.10 Å². The van der Waals surface area contributed by atoms with E-state index in [1.54, 1.807) is 6.92 Å². The molecule has 2 amide bonds. The Kier molecular flexibility index (Phi) is 7.44. The lowest BCUT2D eigenvalue weighted by molar-refractivity contribution is -0.117. The van der Waals surface area contributed by atoms with Gasteiger partial charge in [0, 0.05) is 12.6 Å². The van der Waals surface area contributed by atoms with Crippen LogP contribution in [0.25, 0.3) is 11.8 Å². The van der Waals surface area contributed by atoms with E-state index in [0.29, 0.717) is 11.4 Å². The second-order valence-corrected chi connectivity index (χ2v) is 11.3. The van der Waals surface area contributed by atoms with Gasteiger partial charge in [-0.3, -0.25) is 28.6 Å². The number of aromatic nitrogens is 2. The summed E-state index contributed by atoms with van der Waals surface area (Å²) >= 11 is 0. The van der Waals surface area contributed by atoms with Crippen molar-refractivity contribution in [2.45, 2.75) is 23.6 Å². The van der Waals surface area contributed by atoms with Crippen LogP contribution in [-0.4, -0.2) is 53.4 Å². The molecule has 0 fully saturated rings. The molecule has 0 radical (unpaired) electrons. The number of aromatic amines is 1. The van der Waals surface area contributed by atoms with Gasteiger partial charge in [0.15, 0.2) is 5.84 Å². The van der Waals surface area contributed by atoms with Crippen molar-refractivity contribution in [1.82, 2.24) is 15.1 Å². The molecule has 0 aliphatic carbocycles. The monoisotopic (exact) mass is 587 g/mol. The molecule has 3 aromatic rings. The maximum Gasteiger partial charge on any atom is 0.294 e. The molecule has 0 bridgehead atoms. The largest absolute Gasteiger partial charge is 0.309 e. The quantitative estimate of drug-likeness (QED) is 0.242. The smallest absolute Gasteiger partial charge is 0.294 e. The van der Waals surface area contributed by atoms with E-state index in [1.165, 1.54) is 54.1 Å². The summed E-state index contributed by atoms with van der Waals surface area (Å²) in [5.74, 6) is -1.24. The lowest BCUT2D eigenvalue weighted by Crippen LogP contribution is -2.29. The second-order valence-electron chi connectivity index (χ2n) is 8.42. The number of allylic oxidation sites excluding steroid dienone is 2. The second kappa shape index (κ2) is 10.5. The molecule has 208 valence electrons. The number of amides is 2. The summed E-state index contributed by atoms with van der Waals surface area (Å²) < 4.78 is 64.6. The van der Waals surface area contributed by atoms with E-state index in [2.05, 4.69) is 15.5 Å². The van der Waals surface area contributed by atoms with Gasteiger partial charge in [0.1, 0.15) is 0 Å². The first-order chi connectivity index (χ1) is 18.7. The van der Waals surface area contributed by atoms with Crippen molar-refractivity contribution < 1.29 is 35.5 Å². The predicted molar refractivity (Wildman–Crippen MR) is 143 cm³/mol. The number of hydrogen-bond acceptors (Lipinski definition) is 8. The number of aryl methyl sites for hydroxylation is 1. The number of carbonyl (C=O) groups is 2. The van der Waals surface area contributed by atoms with E-state index in [0.717, 1.165) is 29.3 Å². The van der Waals surface area contributed by atoms with Crippen molar-refractivity contribution in [3.8, 4) is 5.69 Å². The number of hydrogen-bond donors (Lipinski definition) is 4. The Labute approximate surface area is 227 Å². The molecule has 16 heteroatoms. The first-order valence-corrected chi connectivity index (χ1v) is 14.1. The third kappa shape index (κ3) is 5.84. The highest BCUT2D eigenvalue weighted by molar-refractivity contribution is 7.86. The fourth-order valence-electron chi connectivity index (χ4n) is 3.70. The lowest BCUT2D eigenvalue weighted by Gasteiger charge is -2.11. The van der Waals surface area contributed by atoms with Gasteiger partial charge in [-0.2, -0.15) is 21.8 Å². The Morgan fingerprint density at radius 1 is 0.925 bits per heavy atom. The summed E-state index contributed by atoms with van der Waals surface area (Å²) in [4.78, 5) is 37.1. The van der Waals surface area contributed by atoms with Crippen LogP contribution < -0.4 is 15.9 Å². The number of hydrazone groups is 1. The van der Waals surface area contributed by atoms with Crippen LogP contribution in [0.2, 0.25) is 0 Å². The zero-order valence-corrected chi connectivity index (χ0v) is 22.4. The van der Waals surface area contributed by atoms with Gasteiger partial charge >= 0.3 is 0 Å². The Morgan fingerprint density at radius 3 is 1.95 bits per heavy atom. The van der Waals surface area contributed by atoms with Crippen LogP contribution >= 0.6 is 0 Å². The molecule has 1 aliphatic heterocycles. The van der Waals surface area contributed by atoms with Gasteiger partial charge in [-0.25, -0.2) is 4.68 Å².